The first-order valence-electron chi connectivity index (χ1n) is 4.57. The Kier molecular flexibility index (Phi) is 2.93. The summed E-state index contributed by atoms with van der Waals surface area (Å²) in [5.41, 5.74) is -0.454. The minimum Gasteiger partial charge on any atom is -0.458 e. The number of H-pyrrole nitrogens is 1. The number of rotatable bonds is 3. The lowest BCUT2D eigenvalue weighted by atomic mass is 10.4. The first kappa shape index (κ1) is 10.3. The van der Waals surface area contributed by atoms with Gasteiger partial charge in [-0.3, -0.25) is 4.98 Å². The molecule has 6 nitrogen and oxygen atoms in total. The smallest absolute Gasteiger partial charge is 0.346 e. The number of furan rings is 1. The average Bonchev–Trinajstić information content (AvgIpc) is 2.74. The molecule has 2 aromatic rings. The van der Waals surface area contributed by atoms with Crippen LogP contribution >= 0.6 is 0 Å². The molecule has 0 radical (unpaired) electrons. The highest BCUT2D eigenvalue weighted by molar-refractivity contribution is 5.78. The summed E-state index contributed by atoms with van der Waals surface area (Å²) in [6.45, 7) is -0.153. The number of aliphatic hydroxyl groups is 1. The van der Waals surface area contributed by atoms with Crippen molar-refractivity contribution >= 4 is 12.0 Å². The highest BCUT2D eigenvalue weighted by Crippen LogP contribution is 2.07. The molecule has 2 rings (SSSR count). The van der Waals surface area contributed by atoms with Crippen LogP contribution in [-0.4, -0.2) is 21.3 Å². The monoisotopic (exact) mass is 219 g/mol. The minimum atomic E-state index is -0.454. The number of aromatic amines is 1. The van der Waals surface area contributed by atoms with E-state index in [1.165, 1.54) is 12.4 Å². The van der Waals surface area contributed by atoms with Crippen LogP contribution in [0.4, 0.5) is 5.82 Å². The fourth-order valence-corrected chi connectivity index (χ4v) is 1.12. The second-order valence-electron chi connectivity index (χ2n) is 2.98. The summed E-state index contributed by atoms with van der Waals surface area (Å²) in [4.78, 5) is 20.8. The van der Waals surface area contributed by atoms with Crippen LogP contribution in [0.2, 0.25) is 0 Å². The molecule has 6 heteroatoms. The van der Waals surface area contributed by atoms with Crippen LogP contribution in [0.25, 0.3) is 0 Å². The summed E-state index contributed by atoms with van der Waals surface area (Å²) in [6.07, 6.45) is 2.82. The van der Waals surface area contributed by atoms with Crippen LogP contribution in [0.5, 0.6) is 0 Å². The van der Waals surface area contributed by atoms with Gasteiger partial charge in [0, 0.05) is 6.20 Å². The van der Waals surface area contributed by atoms with Crippen molar-refractivity contribution < 1.29 is 9.52 Å². The van der Waals surface area contributed by atoms with Gasteiger partial charge in [-0.25, -0.2) is 14.8 Å². The topological polar surface area (TPSA) is 91.5 Å². The van der Waals surface area contributed by atoms with Crippen molar-refractivity contribution in [3.8, 4) is 0 Å². The van der Waals surface area contributed by atoms with Gasteiger partial charge in [0.1, 0.15) is 23.9 Å². The molecule has 2 aromatic heterocycles. The van der Waals surface area contributed by atoms with Gasteiger partial charge in [0.15, 0.2) is 0 Å². The number of aliphatic imine (C=N–C) groups is 1. The molecule has 0 aliphatic rings. The van der Waals surface area contributed by atoms with Crippen molar-refractivity contribution in [2.24, 2.45) is 4.99 Å². The molecule has 0 fully saturated rings. The molecule has 0 bridgehead atoms. The van der Waals surface area contributed by atoms with E-state index in [1.54, 1.807) is 18.2 Å². The Morgan fingerprint density at radius 1 is 1.50 bits per heavy atom. The van der Waals surface area contributed by atoms with Gasteiger partial charge in [0.05, 0.1) is 6.21 Å². The van der Waals surface area contributed by atoms with Crippen molar-refractivity contribution in [1.29, 1.82) is 0 Å². The van der Waals surface area contributed by atoms with Crippen molar-refractivity contribution in [3.63, 3.8) is 0 Å². The number of hydrogen-bond donors (Lipinski definition) is 2. The zero-order chi connectivity index (χ0) is 11.4. The van der Waals surface area contributed by atoms with E-state index in [1.807, 2.05) is 0 Å². The van der Waals surface area contributed by atoms with Crippen molar-refractivity contribution in [2.75, 3.05) is 0 Å². The molecule has 0 spiro atoms. The summed E-state index contributed by atoms with van der Waals surface area (Å²) in [7, 11) is 0. The molecule has 0 aliphatic heterocycles. The molecule has 2 heterocycles. The van der Waals surface area contributed by atoms with E-state index in [0.29, 0.717) is 17.3 Å². The Morgan fingerprint density at radius 3 is 3.06 bits per heavy atom. The van der Waals surface area contributed by atoms with E-state index in [0.717, 1.165) is 0 Å². The van der Waals surface area contributed by atoms with E-state index < -0.39 is 5.69 Å². The molecule has 16 heavy (non-hydrogen) atoms. The van der Waals surface area contributed by atoms with E-state index in [4.69, 9.17) is 9.52 Å². The Morgan fingerprint density at radius 2 is 2.38 bits per heavy atom. The molecular weight excluding hydrogens is 210 g/mol. The van der Waals surface area contributed by atoms with Gasteiger partial charge in [0.25, 0.3) is 0 Å². The number of nitrogens with zero attached hydrogens (tertiary/aromatic N) is 2. The average molecular weight is 219 g/mol. The molecular formula is C10H9N3O3. The third kappa shape index (κ3) is 2.43. The standard InChI is InChI=1S/C10H9N3O3/c14-6-8-2-1-7(16-8)5-12-9-3-4-11-10(15)13-9/h1-5,14H,6H2,(H,11,13,15)/b12-5+. The van der Waals surface area contributed by atoms with Crippen LogP contribution in [0.15, 0.2) is 38.6 Å². The van der Waals surface area contributed by atoms with Gasteiger partial charge in [-0.1, -0.05) is 0 Å². The summed E-state index contributed by atoms with van der Waals surface area (Å²) >= 11 is 0. The summed E-state index contributed by atoms with van der Waals surface area (Å²) < 4.78 is 5.18. The Hall–Kier alpha value is -2.21. The first-order valence-corrected chi connectivity index (χ1v) is 4.57. The Labute approximate surface area is 90.3 Å². The lowest BCUT2D eigenvalue weighted by Gasteiger charge is -1.90. The SMILES string of the molecule is O=c1nccc(/N=C/c2ccc(CO)o2)[nH]1. The van der Waals surface area contributed by atoms with Gasteiger partial charge in [-0.05, 0) is 18.2 Å². The third-order valence-corrected chi connectivity index (χ3v) is 1.83. The number of nitrogens with one attached hydrogen (secondary N) is 1. The zero-order valence-corrected chi connectivity index (χ0v) is 8.25. The Bertz CT molecular complexity index is 556. The van der Waals surface area contributed by atoms with Gasteiger partial charge >= 0.3 is 5.69 Å². The Balaban J connectivity index is 2.17. The first-order chi connectivity index (χ1) is 7.78. The molecule has 0 saturated heterocycles. The fraction of sp³-hybridized carbons (Fsp3) is 0.100. The van der Waals surface area contributed by atoms with E-state index in [2.05, 4.69) is 15.0 Å². The summed E-state index contributed by atoms with van der Waals surface area (Å²) in [6, 6.07) is 4.89. The van der Waals surface area contributed by atoms with E-state index >= 15 is 0 Å². The van der Waals surface area contributed by atoms with Gasteiger partial charge in [-0.2, -0.15) is 0 Å². The normalized spacial score (nSPS) is 11.1. The van der Waals surface area contributed by atoms with Gasteiger partial charge < -0.3 is 9.52 Å². The van der Waals surface area contributed by atoms with Crippen LogP contribution < -0.4 is 5.69 Å². The second-order valence-corrected chi connectivity index (χ2v) is 2.98. The van der Waals surface area contributed by atoms with Gasteiger partial charge in [0.2, 0.25) is 0 Å². The van der Waals surface area contributed by atoms with Crippen molar-refractivity contribution in [3.05, 3.63) is 46.4 Å². The highest BCUT2D eigenvalue weighted by Gasteiger charge is 1.97. The molecule has 2 N–H and O–H groups in total. The second kappa shape index (κ2) is 4.54. The van der Waals surface area contributed by atoms with Crippen LogP contribution in [0.1, 0.15) is 11.5 Å². The predicted molar refractivity (Wildman–Crippen MR) is 56.7 cm³/mol. The largest absolute Gasteiger partial charge is 0.458 e. The number of aromatic nitrogens is 2. The molecule has 0 atom stereocenters. The zero-order valence-electron chi connectivity index (χ0n) is 8.25. The van der Waals surface area contributed by atoms with Crippen LogP contribution in [-0.2, 0) is 6.61 Å². The summed E-state index contributed by atoms with van der Waals surface area (Å²) in [5.74, 6) is 1.35. The minimum absolute atomic E-state index is 0.153. The van der Waals surface area contributed by atoms with E-state index in [-0.39, 0.29) is 6.61 Å². The third-order valence-electron chi connectivity index (χ3n) is 1.83. The predicted octanol–water partition coefficient (Wildman–Crippen LogP) is 0.606. The van der Waals surface area contributed by atoms with Crippen LogP contribution in [0, 0.1) is 0 Å². The maximum absolute atomic E-state index is 10.9. The van der Waals surface area contributed by atoms with Crippen LogP contribution in [0.3, 0.4) is 0 Å². The maximum Gasteiger partial charge on any atom is 0.346 e. The fourth-order valence-electron chi connectivity index (χ4n) is 1.12. The number of aliphatic hydroxyl groups excluding tert-OH is 1. The lowest BCUT2D eigenvalue weighted by molar-refractivity contribution is 0.247. The van der Waals surface area contributed by atoms with Gasteiger partial charge in [-0.15, -0.1) is 0 Å². The molecule has 0 saturated carbocycles. The molecule has 0 aromatic carbocycles. The molecule has 0 amide bonds. The molecule has 82 valence electrons. The van der Waals surface area contributed by atoms with Crippen molar-refractivity contribution in [1.82, 2.24) is 9.97 Å². The summed E-state index contributed by atoms with van der Waals surface area (Å²) in [5, 5.41) is 8.78. The van der Waals surface area contributed by atoms with Crippen molar-refractivity contribution in [2.45, 2.75) is 6.61 Å². The molecule has 0 unspecified atom stereocenters. The highest BCUT2D eigenvalue weighted by atomic mass is 16.4. The van der Waals surface area contributed by atoms with E-state index in [9.17, 15) is 4.79 Å². The quantitative estimate of drug-likeness (QED) is 0.739. The molecule has 0 aliphatic carbocycles. The lowest BCUT2D eigenvalue weighted by Crippen LogP contribution is -2.07. The maximum atomic E-state index is 10.9. The number of hydrogen-bond acceptors (Lipinski definition) is 5.